The number of sulfone groups is 1. The van der Waals surface area contributed by atoms with Gasteiger partial charge in [-0.2, -0.15) is 0 Å². The number of hydrogen-bond acceptors (Lipinski definition) is 7. The van der Waals surface area contributed by atoms with Gasteiger partial charge in [-0.15, -0.1) is 24.0 Å². The summed E-state index contributed by atoms with van der Waals surface area (Å²) in [6.07, 6.45) is 0.959. The van der Waals surface area contributed by atoms with Crippen LogP contribution in [0.2, 0.25) is 0 Å². The van der Waals surface area contributed by atoms with Gasteiger partial charge in [-0.05, 0) is 31.9 Å². The van der Waals surface area contributed by atoms with Crippen LogP contribution in [0, 0.1) is 0 Å². The molecule has 10 heteroatoms. The van der Waals surface area contributed by atoms with E-state index in [0.717, 1.165) is 17.1 Å². The van der Waals surface area contributed by atoms with Gasteiger partial charge < -0.3 is 19.9 Å². The number of benzene rings is 1. The molecule has 168 valence electrons. The largest absolute Gasteiger partial charge is 0.444 e. The van der Waals surface area contributed by atoms with Gasteiger partial charge in [-0.3, -0.25) is 4.99 Å². The third-order valence-corrected chi connectivity index (χ3v) is 5.67. The summed E-state index contributed by atoms with van der Waals surface area (Å²) in [5.41, 5.74) is 1.23. The number of rotatable bonds is 4. The Morgan fingerprint density at radius 1 is 1.23 bits per heavy atom. The first kappa shape index (κ1) is 24.7. The Kier molecular flexibility index (Phi) is 8.00. The van der Waals surface area contributed by atoms with E-state index in [-0.39, 0.29) is 41.9 Å². The monoisotopic (exact) mass is 550 g/mol. The number of amides is 1. The van der Waals surface area contributed by atoms with Gasteiger partial charge in [0.1, 0.15) is 5.60 Å². The van der Waals surface area contributed by atoms with Gasteiger partial charge in [0.15, 0.2) is 15.8 Å². The van der Waals surface area contributed by atoms with Crippen molar-refractivity contribution < 1.29 is 17.9 Å². The van der Waals surface area contributed by atoms with Crippen LogP contribution in [-0.4, -0.2) is 74.3 Å². The summed E-state index contributed by atoms with van der Waals surface area (Å²) in [6.45, 7) is 8.55. The fraction of sp³-hybridized carbons (Fsp3) is 0.600. The molecule has 30 heavy (non-hydrogen) atoms. The lowest BCUT2D eigenvalue weighted by Crippen LogP contribution is -2.57. The zero-order valence-corrected chi connectivity index (χ0v) is 21.1. The Labute approximate surface area is 196 Å². The van der Waals surface area contributed by atoms with Crippen molar-refractivity contribution in [3.05, 3.63) is 35.4 Å². The number of guanidine groups is 1. The number of aliphatic imine (C=N–C) groups is 1. The molecule has 1 aromatic carbocycles. The van der Waals surface area contributed by atoms with Crippen molar-refractivity contribution in [3.8, 4) is 0 Å². The number of halogens is 1. The van der Waals surface area contributed by atoms with Crippen LogP contribution in [0.15, 0.2) is 29.3 Å². The van der Waals surface area contributed by atoms with E-state index >= 15 is 0 Å². The molecule has 1 fully saturated rings. The summed E-state index contributed by atoms with van der Waals surface area (Å²) in [7, 11) is -3.10. The summed E-state index contributed by atoms with van der Waals surface area (Å²) in [5.74, 6) is 0.821. The van der Waals surface area contributed by atoms with Gasteiger partial charge in [0, 0.05) is 32.4 Å². The van der Waals surface area contributed by atoms with E-state index in [0.29, 0.717) is 32.7 Å². The molecular formula is C20H31IN4O4S. The molecule has 8 nitrogen and oxygen atoms in total. The van der Waals surface area contributed by atoms with Gasteiger partial charge in [0.2, 0.25) is 0 Å². The topological polar surface area (TPSA) is 91.3 Å². The van der Waals surface area contributed by atoms with E-state index < -0.39 is 15.4 Å². The molecule has 1 N–H and O–H groups in total. The van der Waals surface area contributed by atoms with E-state index in [1.54, 1.807) is 4.90 Å². The highest BCUT2D eigenvalue weighted by molar-refractivity contribution is 14.0. The highest BCUT2D eigenvalue weighted by atomic mass is 127. The third kappa shape index (κ3) is 6.73. The molecule has 0 saturated carbocycles. The van der Waals surface area contributed by atoms with Crippen molar-refractivity contribution in [3.63, 3.8) is 0 Å². The maximum Gasteiger partial charge on any atom is 0.410 e. The Bertz CT molecular complexity index is 898. The molecule has 0 aliphatic carbocycles. The smallest absolute Gasteiger partial charge is 0.410 e. The number of piperazine rings is 1. The van der Waals surface area contributed by atoms with Crippen molar-refractivity contribution in [2.45, 2.75) is 44.7 Å². The van der Waals surface area contributed by atoms with E-state index in [4.69, 9.17) is 4.74 Å². The minimum atomic E-state index is -3.10. The molecule has 1 atom stereocenters. The van der Waals surface area contributed by atoms with Crippen molar-refractivity contribution in [1.82, 2.24) is 15.1 Å². The van der Waals surface area contributed by atoms with Crippen LogP contribution < -0.4 is 5.32 Å². The number of ether oxygens (including phenoxy) is 1. The first-order valence-electron chi connectivity index (χ1n) is 9.79. The van der Waals surface area contributed by atoms with Gasteiger partial charge in [-0.25, -0.2) is 13.2 Å². The van der Waals surface area contributed by atoms with Gasteiger partial charge in [0.25, 0.3) is 0 Å². The Balaban J connectivity index is 0.00000320. The molecule has 1 amide bonds. The van der Waals surface area contributed by atoms with Crippen LogP contribution in [0.3, 0.4) is 0 Å². The Morgan fingerprint density at radius 3 is 2.53 bits per heavy atom. The van der Waals surface area contributed by atoms with E-state index in [1.807, 2.05) is 45.0 Å². The first-order chi connectivity index (χ1) is 13.5. The summed E-state index contributed by atoms with van der Waals surface area (Å²) < 4.78 is 28.8. The number of carbonyl (C=O) groups excluding carboxylic acids is 1. The zero-order chi connectivity index (χ0) is 21.2. The number of hydrogen-bond donors (Lipinski definition) is 1. The molecule has 2 aliphatic heterocycles. The standard InChI is InChI=1S/C20H30N4O4S.HI/c1-20(2,3)28-19(25)23-9-10-24-17(13-23)12-22-18(24)21-11-15-7-5-6-8-16(15)14-29(4,26)27;/h5-8,17H,9-14H2,1-4H3,(H,21,22);1H. The predicted octanol–water partition coefficient (Wildman–Crippen LogP) is 2.23. The average molecular weight is 550 g/mol. The summed E-state index contributed by atoms with van der Waals surface area (Å²) in [6, 6.07) is 7.66. The van der Waals surface area contributed by atoms with Crippen LogP contribution in [-0.2, 0) is 26.9 Å². The molecule has 2 aliphatic rings. The van der Waals surface area contributed by atoms with Gasteiger partial charge in [-0.1, -0.05) is 24.3 Å². The molecule has 1 unspecified atom stereocenters. The Morgan fingerprint density at radius 2 is 1.90 bits per heavy atom. The second-order valence-corrected chi connectivity index (χ2v) is 10.8. The summed E-state index contributed by atoms with van der Waals surface area (Å²) >= 11 is 0. The van der Waals surface area contributed by atoms with Gasteiger partial charge >= 0.3 is 6.09 Å². The first-order valence-corrected chi connectivity index (χ1v) is 11.9. The summed E-state index contributed by atoms with van der Waals surface area (Å²) in [5, 5.41) is 3.35. The molecule has 1 aromatic rings. The highest BCUT2D eigenvalue weighted by Gasteiger charge is 2.36. The van der Waals surface area contributed by atoms with Crippen molar-refractivity contribution in [2.24, 2.45) is 4.99 Å². The van der Waals surface area contributed by atoms with E-state index in [1.165, 1.54) is 6.26 Å². The van der Waals surface area contributed by atoms with Crippen molar-refractivity contribution >= 4 is 45.9 Å². The number of nitrogens with zero attached hydrogens (tertiary/aromatic N) is 3. The molecule has 0 aromatic heterocycles. The molecule has 3 rings (SSSR count). The second-order valence-electron chi connectivity index (χ2n) is 8.63. The minimum absolute atomic E-state index is 0. The normalized spacial score (nSPS) is 18.9. The fourth-order valence-corrected chi connectivity index (χ4v) is 4.40. The number of nitrogens with one attached hydrogen (secondary N) is 1. The highest BCUT2D eigenvalue weighted by Crippen LogP contribution is 2.19. The lowest BCUT2D eigenvalue weighted by Gasteiger charge is -2.39. The lowest BCUT2D eigenvalue weighted by molar-refractivity contribution is 0.0137. The third-order valence-electron chi connectivity index (χ3n) is 4.83. The van der Waals surface area contributed by atoms with E-state index in [9.17, 15) is 13.2 Å². The quantitative estimate of drug-likeness (QED) is 0.579. The maximum atomic E-state index is 12.3. The van der Waals surface area contributed by atoms with Crippen LogP contribution in [0.4, 0.5) is 4.79 Å². The summed E-state index contributed by atoms with van der Waals surface area (Å²) in [4.78, 5) is 20.9. The maximum absolute atomic E-state index is 12.3. The molecular weight excluding hydrogens is 519 g/mol. The SMILES string of the molecule is CC(C)(C)OC(=O)N1CCN2C(NCc3ccccc3CS(C)(=O)=O)=NCC2C1.I. The average Bonchev–Trinajstić information content (AvgIpc) is 3.00. The Hall–Kier alpha value is -1.56. The van der Waals surface area contributed by atoms with Crippen LogP contribution in [0.25, 0.3) is 0 Å². The molecule has 0 spiro atoms. The molecule has 2 heterocycles. The number of fused-ring (bicyclic) bond motifs is 1. The fourth-order valence-electron chi connectivity index (χ4n) is 3.55. The zero-order valence-electron chi connectivity index (χ0n) is 17.9. The molecule has 1 saturated heterocycles. The minimum Gasteiger partial charge on any atom is -0.444 e. The molecule has 0 radical (unpaired) electrons. The molecule has 0 bridgehead atoms. The van der Waals surface area contributed by atoms with Crippen LogP contribution >= 0.6 is 24.0 Å². The van der Waals surface area contributed by atoms with Crippen LogP contribution in [0.1, 0.15) is 31.9 Å². The lowest BCUT2D eigenvalue weighted by atomic mass is 10.1. The van der Waals surface area contributed by atoms with E-state index in [2.05, 4.69) is 15.2 Å². The van der Waals surface area contributed by atoms with Crippen molar-refractivity contribution in [1.29, 1.82) is 0 Å². The van der Waals surface area contributed by atoms with Crippen molar-refractivity contribution in [2.75, 3.05) is 32.4 Å². The van der Waals surface area contributed by atoms with Crippen LogP contribution in [0.5, 0.6) is 0 Å². The van der Waals surface area contributed by atoms with Gasteiger partial charge in [0.05, 0.1) is 18.3 Å². The second kappa shape index (κ2) is 9.71. The predicted molar refractivity (Wildman–Crippen MR) is 128 cm³/mol. The number of carbonyl (C=O) groups is 1.